The van der Waals surface area contributed by atoms with Crippen molar-refractivity contribution in [2.24, 2.45) is 5.92 Å². The van der Waals surface area contributed by atoms with Crippen molar-refractivity contribution in [1.29, 1.82) is 0 Å². The summed E-state index contributed by atoms with van der Waals surface area (Å²) >= 11 is 0. The van der Waals surface area contributed by atoms with E-state index in [0.717, 1.165) is 36.1 Å². The fraction of sp³-hybridized carbons (Fsp3) is 0.667. The summed E-state index contributed by atoms with van der Waals surface area (Å²) in [6.45, 7) is 9.21. The molecular weight excluding hydrogens is 464 g/mol. The number of ether oxygens (including phenoxy) is 3. The van der Waals surface area contributed by atoms with Crippen LogP contribution in [0.15, 0.2) is 24.3 Å². The second kappa shape index (κ2) is 9.51. The molecule has 0 amide bonds. The molecule has 0 bridgehead atoms. The molecule has 0 aliphatic carbocycles. The molecule has 0 radical (unpaired) electrons. The van der Waals surface area contributed by atoms with E-state index in [1.807, 2.05) is 0 Å². The van der Waals surface area contributed by atoms with Gasteiger partial charge in [0.2, 0.25) is 0 Å². The van der Waals surface area contributed by atoms with E-state index in [1.165, 1.54) is 69.2 Å². The third-order valence-electron chi connectivity index (χ3n) is 9.47. The van der Waals surface area contributed by atoms with Gasteiger partial charge in [0.15, 0.2) is 0 Å². The average Bonchev–Trinajstić information content (AvgIpc) is 3.29. The Bertz CT molecular complexity index is 1150. The van der Waals surface area contributed by atoms with E-state index >= 15 is 0 Å². The number of hydrogen-bond acceptors (Lipinski definition) is 7. The van der Waals surface area contributed by atoms with Gasteiger partial charge in [-0.05, 0) is 55.7 Å². The van der Waals surface area contributed by atoms with Crippen LogP contribution in [0.2, 0.25) is 0 Å². The molecular formula is C30H40N4O3. The number of aromatic nitrogens is 2. The monoisotopic (exact) mass is 504 g/mol. The van der Waals surface area contributed by atoms with Crippen LogP contribution in [-0.2, 0) is 34.7 Å². The Hall–Kier alpha value is -2.22. The lowest BCUT2D eigenvalue weighted by atomic mass is 9.82. The number of anilines is 1. The third-order valence-corrected chi connectivity index (χ3v) is 9.47. The maximum atomic E-state index is 6.69. The molecule has 5 aliphatic heterocycles. The van der Waals surface area contributed by atoms with Crippen LogP contribution in [-0.4, -0.2) is 59.8 Å². The summed E-state index contributed by atoms with van der Waals surface area (Å²) in [6, 6.07) is 9.09. The van der Waals surface area contributed by atoms with Crippen molar-refractivity contribution in [3.05, 3.63) is 46.6 Å². The zero-order valence-corrected chi connectivity index (χ0v) is 22.2. The van der Waals surface area contributed by atoms with Crippen molar-refractivity contribution in [2.45, 2.75) is 82.6 Å². The molecule has 7 rings (SSSR count). The van der Waals surface area contributed by atoms with Crippen LogP contribution in [0.5, 0.6) is 6.01 Å². The molecule has 1 aromatic heterocycles. The van der Waals surface area contributed by atoms with Gasteiger partial charge in [0.1, 0.15) is 18.0 Å². The molecule has 37 heavy (non-hydrogen) atoms. The second-order valence-electron chi connectivity index (χ2n) is 12.1. The summed E-state index contributed by atoms with van der Waals surface area (Å²) in [5.74, 6) is 1.76. The molecule has 3 atom stereocenters. The predicted molar refractivity (Wildman–Crippen MR) is 142 cm³/mol. The Balaban J connectivity index is 1.23. The lowest BCUT2D eigenvalue weighted by Crippen LogP contribution is -2.45. The van der Waals surface area contributed by atoms with Crippen molar-refractivity contribution < 1.29 is 14.2 Å². The van der Waals surface area contributed by atoms with Gasteiger partial charge in [-0.2, -0.15) is 9.97 Å². The fourth-order valence-corrected chi connectivity index (χ4v) is 7.71. The summed E-state index contributed by atoms with van der Waals surface area (Å²) in [5, 5.41) is 0. The first kappa shape index (κ1) is 23.9. The topological polar surface area (TPSA) is 60.0 Å². The maximum absolute atomic E-state index is 6.69. The first-order valence-electron chi connectivity index (χ1n) is 14.5. The van der Waals surface area contributed by atoms with Crippen molar-refractivity contribution in [3.63, 3.8) is 0 Å². The Morgan fingerprint density at radius 1 is 1.03 bits per heavy atom. The van der Waals surface area contributed by atoms with Gasteiger partial charge in [-0.25, -0.2) is 0 Å². The van der Waals surface area contributed by atoms with Crippen molar-refractivity contribution in [1.82, 2.24) is 14.9 Å². The van der Waals surface area contributed by atoms with E-state index in [0.29, 0.717) is 38.9 Å². The second-order valence-corrected chi connectivity index (χ2v) is 12.1. The minimum atomic E-state index is -0.495. The quantitative estimate of drug-likeness (QED) is 0.603. The van der Waals surface area contributed by atoms with Crippen molar-refractivity contribution >= 4 is 5.82 Å². The highest BCUT2D eigenvalue weighted by molar-refractivity contribution is 5.52. The lowest BCUT2D eigenvalue weighted by molar-refractivity contribution is -0.136. The van der Waals surface area contributed by atoms with Crippen LogP contribution in [0.3, 0.4) is 0 Å². The van der Waals surface area contributed by atoms with E-state index in [1.54, 1.807) is 0 Å². The molecule has 5 aliphatic rings. The minimum absolute atomic E-state index is 0.155. The molecule has 0 saturated carbocycles. The van der Waals surface area contributed by atoms with E-state index in [2.05, 4.69) is 41.0 Å². The molecule has 1 unspecified atom stereocenters. The molecule has 2 aromatic rings. The largest absolute Gasteiger partial charge is 0.461 e. The van der Waals surface area contributed by atoms with Crippen LogP contribution in [0.25, 0.3) is 0 Å². The van der Waals surface area contributed by atoms with Crippen LogP contribution in [0, 0.1) is 5.92 Å². The van der Waals surface area contributed by atoms with E-state index in [4.69, 9.17) is 24.2 Å². The third kappa shape index (κ3) is 4.23. The average molecular weight is 505 g/mol. The van der Waals surface area contributed by atoms with Gasteiger partial charge in [-0.3, -0.25) is 4.90 Å². The molecule has 198 valence electrons. The summed E-state index contributed by atoms with van der Waals surface area (Å²) < 4.78 is 19.3. The van der Waals surface area contributed by atoms with Crippen molar-refractivity contribution in [3.8, 4) is 6.01 Å². The highest BCUT2D eigenvalue weighted by Gasteiger charge is 2.48. The normalized spacial score (nSPS) is 31.6. The zero-order valence-electron chi connectivity index (χ0n) is 22.2. The highest BCUT2D eigenvalue weighted by Crippen LogP contribution is 2.44. The summed E-state index contributed by atoms with van der Waals surface area (Å²) in [7, 11) is 0. The number of benzene rings is 1. The fourth-order valence-electron chi connectivity index (χ4n) is 7.71. The molecule has 0 N–H and O–H groups in total. The Kier molecular flexibility index (Phi) is 6.13. The molecule has 7 nitrogen and oxygen atoms in total. The van der Waals surface area contributed by atoms with Crippen LogP contribution in [0.4, 0.5) is 5.82 Å². The van der Waals surface area contributed by atoms with Crippen LogP contribution in [0.1, 0.15) is 74.3 Å². The molecule has 1 aromatic carbocycles. The number of rotatable bonds is 4. The Morgan fingerprint density at radius 3 is 2.78 bits per heavy atom. The van der Waals surface area contributed by atoms with E-state index in [9.17, 15) is 0 Å². The number of hydrogen-bond donors (Lipinski definition) is 0. The molecule has 3 saturated heterocycles. The summed E-state index contributed by atoms with van der Waals surface area (Å²) in [4.78, 5) is 15.3. The van der Waals surface area contributed by atoms with Gasteiger partial charge in [-0.1, -0.05) is 44.0 Å². The zero-order chi connectivity index (χ0) is 24.9. The van der Waals surface area contributed by atoms with Gasteiger partial charge in [-0.15, -0.1) is 0 Å². The van der Waals surface area contributed by atoms with E-state index < -0.39 is 5.60 Å². The summed E-state index contributed by atoms with van der Waals surface area (Å²) in [5.41, 5.74) is 4.32. The standard InChI is InChI=1S/C30H40N4O3/c1-22-15-29(11-8-14-34(29)17-22)20-36-28-31-26-16-30(21-35-18-23-9-4-5-10-25(23)30)37-19-24(26)27(32-28)33-12-6-2-3-7-13-33/h4-5,9-10,22H,2-3,6-8,11-21H2,1H3/t22-,29+,30?/m1/s1. The van der Waals surface area contributed by atoms with Crippen LogP contribution >= 0.6 is 0 Å². The number of nitrogens with zero attached hydrogens (tertiary/aromatic N) is 4. The Labute approximate surface area is 220 Å². The first-order valence-corrected chi connectivity index (χ1v) is 14.5. The van der Waals surface area contributed by atoms with Crippen molar-refractivity contribution in [2.75, 3.05) is 44.3 Å². The van der Waals surface area contributed by atoms with Gasteiger partial charge in [0, 0.05) is 31.6 Å². The highest BCUT2D eigenvalue weighted by atomic mass is 16.5. The molecule has 6 heterocycles. The van der Waals surface area contributed by atoms with Gasteiger partial charge < -0.3 is 19.1 Å². The summed E-state index contributed by atoms with van der Waals surface area (Å²) in [6.07, 6.45) is 9.36. The first-order chi connectivity index (χ1) is 18.1. The van der Waals surface area contributed by atoms with Gasteiger partial charge >= 0.3 is 6.01 Å². The Morgan fingerprint density at radius 2 is 1.89 bits per heavy atom. The maximum Gasteiger partial charge on any atom is 0.318 e. The van der Waals surface area contributed by atoms with Gasteiger partial charge in [0.25, 0.3) is 0 Å². The van der Waals surface area contributed by atoms with E-state index in [-0.39, 0.29) is 5.54 Å². The predicted octanol–water partition coefficient (Wildman–Crippen LogP) is 4.61. The molecule has 7 heteroatoms. The van der Waals surface area contributed by atoms with Crippen LogP contribution < -0.4 is 9.64 Å². The van der Waals surface area contributed by atoms with Gasteiger partial charge in [0.05, 0.1) is 31.1 Å². The minimum Gasteiger partial charge on any atom is -0.461 e. The lowest BCUT2D eigenvalue weighted by Gasteiger charge is -2.42. The number of fused-ring (bicyclic) bond motifs is 4. The molecule has 3 fully saturated rings. The smallest absolute Gasteiger partial charge is 0.318 e. The molecule has 1 spiro atoms. The SMILES string of the molecule is C[C@H]1CN2CCC[C@@]2(COc2nc3c(c(N4CCCCCC4)n2)COC2(COCc4ccccc42)C3)C1.